The number of anilines is 1. The number of nitrogens with one attached hydrogen (secondary N) is 1. The van der Waals surface area contributed by atoms with Gasteiger partial charge in [-0.25, -0.2) is 8.42 Å². The highest BCUT2D eigenvalue weighted by atomic mass is 35.5. The van der Waals surface area contributed by atoms with Gasteiger partial charge in [-0.05, 0) is 68.7 Å². The molecule has 41 heavy (non-hydrogen) atoms. The number of amides is 2. The summed E-state index contributed by atoms with van der Waals surface area (Å²) in [6.07, 6.45) is 1.22. The molecule has 3 aromatic carbocycles. The van der Waals surface area contributed by atoms with Crippen molar-refractivity contribution in [2.24, 2.45) is 0 Å². The van der Waals surface area contributed by atoms with Crippen molar-refractivity contribution in [3.63, 3.8) is 0 Å². The van der Waals surface area contributed by atoms with E-state index in [1.54, 1.807) is 37.3 Å². The Labute approximate surface area is 257 Å². The Kier molecular flexibility index (Phi) is 10.7. The molecule has 0 aliphatic heterocycles. The summed E-state index contributed by atoms with van der Waals surface area (Å²) in [7, 11) is -3.92. The van der Waals surface area contributed by atoms with E-state index in [4.69, 9.17) is 34.8 Å². The van der Waals surface area contributed by atoms with Crippen molar-refractivity contribution in [1.82, 2.24) is 10.2 Å². The predicted octanol–water partition coefficient (Wildman–Crippen LogP) is 6.28. The zero-order valence-electron chi connectivity index (χ0n) is 23.6. The molecule has 0 bridgehead atoms. The van der Waals surface area contributed by atoms with Crippen LogP contribution in [0.15, 0.2) is 66.7 Å². The molecular weight excluding hydrogens is 605 g/mol. The molecule has 0 aromatic heterocycles. The number of halogens is 3. The van der Waals surface area contributed by atoms with Crippen molar-refractivity contribution in [2.45, 2.75) is 52.2 Å². The minimum Gasteiger partial charge on any atom is -0.350 e. The molecule has 220 valence electrons. The summed E-state index contributed by atoms with van der Waals surface area (Å²) in [5.74, 6) is -0.953. The summed E-state index contributed by atoms with van der Waals surface area (Å²) in [6, 6.07) is 18.1. The van der Waals surface area contributed by atoms with Gasteiger partial charge in [0, 0.05) is 23.5 Å². The highest BCUT2D eigenvalue weighted by Gasteiger charge is 2.34. The molecule has 0 saturated heterocycles. The van der Waals surface area contributed by atoms with Crippen LogP contribution in [0.2, 0.25) is 15.1 Å². The molecule has 0 heterocycles. The summed E-state index contributed by atoms with van der Waals surface area (Å²) in [5, 5.41) is 3.95. The number of benzene rings is 3. The van der Waals surface area contributed by atoms with Gasteiger partial charge in [-0.15, -0.1) is 0 Å². The Morgan fingerprint density at radius 1 is 0.902 bits per heavy atom. The van der Waals surface area contributed by atoms with E-state index in [0.29, 0.717) is 26.2 Å². The standard InChI is InChI=1S/C30H34Cl3N3O4S/c1-20-11-13-23(31)17-26(20)36(41(5,39)40)19-28(37)35(18-22-12-14-24(32)25(33)15-22)27(29(38)34-30(2,3)4)16-21-9-7-6-8-10-21/h6-15,17,27H,16,18-19H2,1-5H3,(H,34,38)/t27-/m0/s1. The van der Waals surface area contributed by atoms with Gasteiger partial charge in [-0.3, -0.25) is 13.9 Å². The highest BCUT2D eigenvalue weighted by molar-refractivity contribution is 7.92. The molecule has 3 aromatic rings. The Bertz CT molecular complexity index is 1510. The van der Waals surface area contributed by atoms with E-state index < -0.39 is 34.1 Å². The molecule has 0 spiro atoms. The van der Waals surface area contributed by atoms with Crippen molar-refractivity contribution in [1.29, 1.82) is 0 Å². The van der Waals surface area contributed by atoms with Gasteiger partial charge in [0.15, 0.2) is 0 Å². The normalized spacial score (nSPS) is 12.5. The second-order valence-electron chi connectivity index (χ2n) is 10.9. The first-order valence-electron chi connectivity index (χ1n) is 12.9. The first-order chi connectivity index (χ1) is 19.0. The first-order valence-corrected chi connectivity index (χ1v) is 15.9. The maximum absolute atomic E-state index is 14.2. The maximum atomic E-state index is 14.2. The van der Waals surface area contributed by atoms with Crippen LogP contribution in [0.4, 0.5) is 5.69 Å². The molecule has 2 amide bonds. The average Bonchev–Trinajstić information content (AvgIpc) is 2.87. The number of nitrogens with zero attached hydrogens (tertiary/aromatic N) is 2. The minimum atomic E-state index is -3.92. The topological polar surface area (TPSA) is 86.8 Å². The molecule has 3 rings (SSSR count). The third-order valence-electron chi connectivity index (χ3n) is 6.23. The largest absolute Gasteiger partial charge is 0.350 e. The molecule has 0 unspecified atom stereocenters. The minimum absolute atomic E-state index is 0.0169. The maximum Gasteiger partial charge on any atom is 0.244 e. The lowest BCUT2D eigenvalue weighted by molar-refractivity contribution is -0.140. The quantitative estimate of drug-likeness (QED) is 0.283. The molecule has 0 saturated carbocycles. The Hall–Kier alpha value is -2.78. The molecule has 11 heteroatoms. The molecular formula is C30H34Cl3N3O4S. The van der Waals surface area contributed by atoms with E-state index in [1.807, 2.05) is 51.1 Å². The Morgan fingerprint density at radius 3 is 2.15 bits per heavy atom. The van der Waals surface area contributed by atoms with Crippen LogP contribution in [0.25, 0.3) is 0 Å². The fourth-order valence-electron chi connectivity index (χ4n) is 4.29. The monoisotopic (exact) mass is 637 g/mol. The number of aryl methyl sites for hydroxylation is 1. The summed E-state index contributed by atoms with van der Waals surface area (Å²) < 4.78 is 27.0. The molecule has 7 nitrogen and oxygen atoms in total. The number of rotatable bonds is 10. The lowest BCUT2D eigenvalue weighted by Crippen LogP contribution is -2.56. The van der Waals surface area contributed by atoms with Crippen molar-refractivity contribution >= 4 is 62.3 Å². The van der Waals surface area contributed by atoms with E-state index in [-0.39, 0.29) is 24.6 Å². The third kappa shape index (κ3) is 9.36. The smallest absolute Gasteiger partial charge is 0.244 e. The fourth-order valence-corrected chi connectivity index (χ4v) is 5.67. The van der Waals surface area contributed by atoms with Crippen molar-refractivity contribution in [3.05, 3.63) is 98.5 Å². The molecule has 0 fully saturated rings. The molecule has 0 aliphatic carbocycles. The summed E-state index contributed by atoms with van der Waals surface area (Å²) in [4.78, 5) is 29.3. The molecule has 1 atom stereocenters. The van der Waals surface area contributed by atoms with Gasteiger partial charge >= 0.3 is 0 Å². The van der Waals surface area contributed by atoms with Gasteiger partial charge in [0.25, 0.3) is 0 Å². The van der Waals surface area contributed by atoms with E-state index in [1.165, 1.54) is 11.0 Å². The van der Waals surface area contributed by atoms with Crippen LogP contribution in [-0.2, 0) is 32.6 Å². The number of hydrogen-bond acceptors (Lipinski definition) is 4. The Morgan fingerprint density at radius 2 is 1.56 bits per heavy atom. The predicted molar refractivity (Wildman–Crippen MR) is 167 cm³/mol. The summed E-state index contributed by atoms with van der Waals surface area (Å²) in [5.41, 5.74) is 1.77. The zero-order valence-corrected chi connectivity index (χ0v) is 26.7. The van der Waals surface area contributed by atoms with Gasteiger partial charge in [0.2, 0.25) is 21.8 Å². The van der Waals surface area contributed by atoms with Crippen molar-refractivity contribution in [3.8, 4) is 0 Å². The third-order valence-corrected chi connectivity index (χ3v) is 8.33. The van der Waals surface area contributed by atoms with E-state index in [2.05, 4.69) is 5.32 Å². The van der Waals surface area contributed by atoms with Gasteiger partial charge < -0.3 is 10.2 Å². The molecule has 1 N–H and O–H groups in total. The van der Waals surface area contributed by atoms with Crippen LogP contribution in [0.3, 0.4) is 0 Å². The van der Waals surface area contributed by atoms with Gasteiger partial charge in [0.05, 0.1) is 22.0 Å². The van der Waals surface area contributed by atoms with Crippen LogP contribution in [0.5, 0.6) is 0 Å². The van der Waals surface area contributed by atoms with Gasteiger partial charge in [-0.1, -0.05) is 77.3 Å². The fraction of sp³-hybridized carbons (Fsp3) is 0.333. The number of carbonyl (C=O) groups excluding carboxylic acids is 2. The molecule has 0 aliphatic rings. The van der Waals surface area contributed by atoms with Gasteiger partial charge in [0.1, 0.15) is 12.6 Å². The zero-order chi connectivity index (χ0) is 30.5. The summed E-state index contributed by atoms with van der Waals surface area (Å²) >= 11 is 18.6. The first kappa shape index (κ1) is 32.7. The van der Waals surface area contributed by atoms with Crippen LogP contribution >= 0.6 is 34.8 Å². The van der Waals surface area contributed by atoms with Gasteiger partial charge in [-0.2, -0.15) is 0 Å². The highest BCUT2D eigenvalue weighted by Crippen LogP contribution is 2.28. The Balaban J connectivity index is 2.12. The van der Waals surface area contributed by atoms with E-state index in [0.717, 1.165) is 16.1 Å². The van der Waals surface area contributed by atoms with Crippen molar-refractivity contribution in [2.75, 3.05) is 17.1 Å². The van der Waals surface area contributed by atoms with E-state index >= 15 is 0 Å². The summed E-state index contributed by atoms with van der Waals surface area (Å²) in [6.45, 7) is 6.72. The lowest BCUT2D eigenvalue weighted by Gasteiger charge is -2.35. The average molecular weight is 639 g/mol. The SMILES string of the molecule is Cc1ccc(Cl)cc1N(CC(=O)N(Cc1ccc(Cl)c(Cl)c1)[C@@H](Cc1ccccc1)C(=O)NC(C)(C)C)S(C)(=O)=O. The van der Waals surface area contributed by atoms with E-state index in [9.17, 15) is 18.0 Å². The van der Waals surface area contributed by atoms with Crippen molar-refractivity contribution < 1.29 is 18.0 Å². The van der Waals surface area contributed by atoms with Crippen LogP contribution in [0, 0.1) is 6.92 Å². The molecule has 0 radical (unpaired) electrons. The lowest BCUT2D eigenvalue weighted by atomic mass is 10.0. The van der Waals surface area contributed by atoms with Crippen LogP contribution < -0.4 is 9.62 Å². The number of carbonyl (C=O) groups is 2. The number of sulfonamides is 1. The number of hydrogen-bond donors (Lipinski definition) is 1. The van der Waals surface area contributed by atoms with Crippen LogP contribution in [-0.4, -0.2) is 49.5 Å². The second kappa shape index (κ2) is 13.5. The second-order valence-corrected chi connectivity index (χ2v) is 14.1. The van der Waals surface area contributed by atoms with Crippen LogP contribution in [0.1, 0.15) is 37.5 Å².